The lowest BCUT2D eigenvalue weighted by molar-refractivity contribution is -0.384. The summed E-state index contributed by atoms with van der Waals surface area (Å²) in [5, 5.41) is 11.3. The Morgan fingerprint density at radius 1 is 0.769 bits per heavy atom. The highest BCUT2D eigenvalue weighted by Crippen LogP contribution is 2.75. The van der Waals surface area contributed by atoms with Gasteiger partial charge < -0.3 is 0 Å². The van der Waals surface area contributed by atoms with Crippen LogP contribution in [0.15, 0.2) is 78.9 Å². The molecule has 1 saturated heterocycles. The number of allylic oxidation sites excluding steroid dienone is 2. The van der Waals surface area contributed by atoms with Crippen LogP contribution in [0.1, 0.15) is 43.4 Å². The van der Waals surface area contributed by atoms with Crippen molar-refractivity contribution in [1.29, 1.82) is 0 Å². The second-order valence-corrected chi connectivity index (χ2v) is 10.7. The highest BCUT2D eigenvalue weighted by Gasteiger charge is 2.80. The Morgan fingerprint density at radius 3 is 1.62 bits per heavy atom. The minimum Gasteiger partial charge on any atom is -0.298 e. The smallest absolute Gasteiger partial charge is 0.269 e. The van der Waals surface area contributed by atoms with Gasteiger partial charge in [-0.05, 0) is 53.7 Å². The van der Waals surface area contributed by atoms with Crippen molar-refractivity contribution >= 4 is 40.1 Å². The summed E-state index contributed by atoms with van der Waals surface area (Å²) >= 11 is 0. The fraction of sp³-hybridized carbons (Fsp3) is 0.281. The van der Waals surface area contributed by atoms with Crippen LogP contribution in [0.25, 0.3) is 11.1 Å². The summed E-state index contributed by atoms with van der Waals surface area (Å²) in [7, 11) is 0. The van der Waals surface area contributed by atoms with E-state index in [0.717, 1.165) is 22.3 Å². The molecule has 3 aromatic rings. The molecule has 0 aromatic heterocycles. The van der Waals surface area contributed by atoms with Gasteiger partial charge in [-0.1, -0.05) is 74.5 Å². The molecule has 0 unspecified atom stereocenters. The van der Waals surface area contributed by atoms with Crippen molar-refractivity contribution in [1.82, 2.24) is 0 Å². The third-order valence-electron chi connectivity index (χ3n) is 9.19. The van der Waals surface area contributed by atoms with Gasteiger partial charge in [-0.3, -0.25) is 24.5 Å². The zero-order chi connectivity index (χ0) is 27.7. The fourth-order valence-corrected chi connectivity index (χ4v) is 7.70. The van der Waals surface area contributed by atoms with Crippen LogP contribution in [0.4, 0.5) is 11.4 Å². The van der Waals surface area contributed by atoms with Crippen LogP contribution in [0.2, 0.25) is 0 Å². The molecule has 2 aliphatic carbocycles. The number of Topliss-reactive ketones (excluding diaryl/α,β-unsaturated/α-hetero) is 1. The summed E-state index contributed by atoms with van der Waals surface area (Å²) in [6.45, 7) is 5.51. The van der Waals surface area contributed by atoms with Crippen LogP contribution in [-0.4, -0.2) is 22.5 Å². The molecule has 2 bridgehead atoms. The van der Waals surface area contributed by atoms with Crippen molar-refractivity contribution in [3.8, 4) is 0 Å². The van der Waals surface area contributed by atoms with E-state index in [1.807, 2.05) is 74.5 Å². The maximum atomic E-state index is 14.7. The van der Waals surface area contributed by atoms with Crippen LogP contribution in [-0.2, 0) is 14.4 Å². The van der Waals surface area contributed by atoms with Gasteiger partial charge in [0.2, 0.25) is 11.8 Å². The lowest BCUT2D eigenvalue weighted by Gasteiger charge is -2.38. The van der Waals surface area contributed by atoms with Crippen LogP contribution in [0.3, 0.4) is 0 Å². The Morgan fingerprint density at radius 2 is 1.23 bits per heavy atom. The maximum absolute atomic E-state index is 14.7. The van der Waals surface area contributed by atoms with Crippen molar-refractivity contribution in [3.63, 3.8) is 0 Å². The summed E-state index contributed by atoms with van der Waals surface area (Å²) < 4.78 is 0. The second kappa shape index (κ2) is 8.56. The minimum atomic E-state index is -1.16. The van der Waals surface area contributed by atoms with Crippen LogP contribution in [0.5, 0.6) is 0 Å². The first-order chi connectivity index (χ1) is 18.8. The van der Waals surface area contributed by atoms with Gasteiger partial charge in [0.15, 0.2) is 5.78 Å². The Bertz CT molecular complexity index is 1510. The van der Waals surface area contributed by atoms with Gasteiger partial charge in [0.05, 0.1) is 33.3 Å². The fourth-order valence-electron chi connectivity index (χ4n) is 7.70. The van der Waals surface area contributed by atoms with E-state index in [0.29, 0.717) is 24.1 Å². The number of hydrogen-bond acceptors (Lipinski definition) is 5. The van der Waals surface area contributed by atoms with E-state index in [1.165, 1.54) is 23.1 Å². The quantitative estimate of drug-likeness (QED) is 0.225. The maximum Gasteiger partial charge on any atom is 0.269 e. The average Bonchev–Trinajstić information content (AvgIpc) is 3.45. The number of ketones is 1. The minimum absolute atomic E-state index is 0.0468. The van der Waals surface area contributed by atoms with E-state index in [1.54, 1.807) is 6.92 Å². The lowest BCUT2D eigenvalue weighted by atomic mass is 9.60. The largest absolute Gasteiger partial charge is 0.298 e. The second-order valence-electron chi connectivity index (χ2n) is 10.7. The number of nitro groups is 1. The number of carbonyl (C=O) groups excluding carboxylic acids is 3. The molecule has 2 amide bonds. The van der Waals surface area contributed by atoms with Crippen molar-refractivity contribution in [3.05, 3.63) is 106 Å². The van der Waals surface area contributed by atoms with E-state index in [-0.39, 0.29) is 11.5 Å². The van der Waals surface area contributed by atoms with Gasteiger partial charge in [0.1, 0.15) is 0 Å². The molecule has 4 atom stereocenters. The number of hydrogen-bond donors (Lipinski definition) is 0. The van der Waals surface area contributed by atoms with Crippen LogP contribution >= 0.6 is 0 Å². The highest BCUT2D eigenvalue weighted by molar-refractivity contribution is 6.34. The highest BCUT2D eigenvalue weighted by atomic mass is 16.6. The number of anilines is 1. The number of nitrogens with zero attached hydrogens (tertiary/aromatic N) is 2. The number of carbonyl (C=O) groups is 3. The summed E-state index contributed by atoms with van der Waals surface area (Å²) in [6.07, 6.45) is 0.753. The molecule has 1 aliphatic heterocycles. The predicted molar refractivity (Wildman–Crippen MR) is 147 cm³/mol. The molecule has 39 heavy (non-hydrogen) atoms. The van der Waals surface area contributed by atoms with E-state index < -0.39 is 39.4 Å². The molecule has 0 spiro atoms. The van der Waals surface area contributed by atoms with Gasteiger partial charge in [-0.2, -0.15) is 0 Å². The molecule has 7 heteroatoms. The first-order valence-electron chi connectivity index (χ1n) is 13.3. The number of rotatable bonds is 6. The summed E-state index contributed by atoms with van der Waals surface area (Å²) in [5.74, 6) is -2.56. The number of nitro benzene ring substituents is 1. The monoisotopic (exact) mass is 520 g/mol. The van der Waals surface area contributed by atoms with Gasteiger partial charge >= 0.3 is 0 Å². The Balaban J connectivity index is 1.63. The number of aryl methyl sites for hydroxylation is 1. The molecule has 1 heterocycles. The van der Waals surface area contributed by atoms with E-state index >= 15 is 0 Å². The summed E-state index contributed by atoms with van der Waals surface area (Å²) in [5.41, 5.74) is 1.79. The zero-order valence-corrected chi connectivity index (χ0v) is 22.0. The third kappa shape index (κ3) is 2.95. The molecule has 0 N–H and O–H groups in total. The van der Waals surface area contributed by atoms with E-state index in [2.05, 4.69) is 0 Å². The van der Waals surface area contributed by atoms with Crippen LogP contribution in [0, 0.1) is 39.7 Å². The van der Waals surface area contributed by atoms with Crippen molar-refractivity contribution < 1.29 is 19.3 Å². The molecule has 3 aliphatic rings. The standard InChI is InChI=1S/C32H28N2O5/c1-4-31-24(20-12-8-6-9-13-20)25(21-14-10-7-11-15-21)32(5-2,30(31)37)27-26(31)28(35)33(29(27)36)23-17-16-22(34(38)39)18-19(23)3/h6-18,26-27H,4-5H2,1-3H3/t26-,27+,31-,32+. The number of non-ortho nitro benzene ring substituents is 1. The van der Waals surface area contributed by atoms with Gasteiger partial charge in [0, 0.05) is 12.1 Å². The van der Waals surface area contributed by atoms with E-state index in [4.69, 9.17) is 0 Å². The molecule has 3 aromatic carbocycles. The average molecular weight is 521 g/mol. The number of amides is 2. The van der Waals surface area contributed by atoms with Crippen LogP contribution < -0.4 is 4.90 Å². The topological polar surface area (TPSA) is 97.6 Å². The Hall–Kier alpha value is -4.39. The van der Waals surface area contributed by atoms with Gasteiger partial charge in [-0.25, -0.2) is 4.90 Å². The Kier molecular flexibility index (Phi) is 5.47. The van der Waals surface area contributed by atoms with Gasteiger partial charge in [-0.15, -0.1) is 0 Å². The molecular weight excluding hydrogens is 492 g/mol. The number of fused-ring (bicyclic) bond motifs is 5. The summed E-state index contributed by atoms with van der Waals surface area (Å²) in [4.78, 5) is 55.4. The van der Waals surface area contributed by atoms with Crippen molar-refractivity contribution in [2.45, 2.75) is 33.6 Å². The first kappa shape index (κ1) is 24.9. The van der Waals surface area contributed by atoms with Crippen molar-refractivity contribution in [2.24, 2.45) is 22.7 Å². The molecule has 1 saturated carbocycles. The lowest BCUT2D eigenvalue weighted by Crippen LogP contribution is -2.42. The SMILES string of the molecule is CC[C@]12C(=O)[C@](CC)(C(c3ccccc3)=C1c1ccccc1)[C@H]1C(=O)N(c3ccc([N+](=O)[O-])cc3C)C(=O)[C@H]12. The molecular formula is C32H28N2O5. The zero-order valence-electron chi connectivity index (χ0n) is 22.0. The molecule has 0 radical (unpaired) electrons. The molecule has 6 rings (SSSR count). The predicted octanol–water partition coefficient (Wildman–Crippen LogP) is 6.01. The van der Waals surface area contributed by atoms with E-state index in [9.17, 15) is 24.5 Å². The first-order valence-corrected chi connectivity index (χ1v) is 13.3. The van der Waals surface area contributed by atoms with Gasteiger partial charge in [0.25, 0.3) is 5.69 Å². The third-order valence-corrected chi connectivity index (χ3v) is 9.19. The number of benzene rings is 3. The number of imide groups is 1. The molecule has 2 fully saturated rings. The molecule has 7 nitrogen and oxygen atoms in total. The summed E-state index contributed by atoms with van der Waals surface area (Å²) in [6, 6.07) is 23.6. The Labute approximate surface area is 226 Å². The molecule has 196 valence electrons. The normalized spacial score (nSPS) is 27.5. The van der Waals surface area contributed by atoms with Crippen molar-refractivity contribution in [2.75, 3.05) is 4.90 Å².